The molecule has 5 heteroatoms. The first-order valence-electron chi connectivity index (χ1n) is 8.61. The second kappa shape index (κ2) is 7.95. The molecule has 0 bridgehead atoms. The van der Waals surface area contributed by atoms with E-state index in [-0.39, 0.29) is 29.4 Å². The summed E-state index contributed by atoms with van der Waals surface area (Å²) in [6, 6.07) is -0.114. The maximum atomic E-state index is 12.1. The lowest BCUT2D eigenvalue weighted by atomic mass is 9.73. The summed E-state index contributed by atoms with van der Waals surface area (Å²) in [6.07, 6.45) is 8.06. The highest BCUT2D eigenvalue weighted by Crippen LogP contribution is 2.42. The van der Waals surface area contributed by atoms with Crippen molar-refractivity contribution in [3.63, 3.8) is 0 Å². The highest BCUT2D eigenvalue weighted by Gasteiger charge is 2.47. The van der Waals surface area contributed by atoms with Crippen LogP contribution in [-0.4, -0.2) is 37.2 Å². The van der Waals surface area contributed by atoms with Gasteiger partial charge in [0.15, 0.2) is 0 Å². The molecule has 1 heterocycles. The number of ether oxygens (including phenoxy) is 2. The number of methoxy groups -OCH3 is 1. The Morgan fingerprint density at radius 1 is 1.32 bits per heavy atom. The van der Waals surface area contributed by atoms with Crippen LogP contribution in [-0.2, 0) is 19.1 Å². The van der Waals surface area contributed by atoms with Gasteiger partial charge in [-0.2, -0.15) is 0 Å². The van der Waals surface area contributed by atoms with Crippen molar-refractivity contribution in [1.82, 2.24) is 5.32 Å². The highest BCUT2D eigenvalue weighted by atomic mass is 16.5. The lowest BCUT2D eigenvalue weighted by Crippen LogP contribution is -2.51. The van der Waals surface area contributed by atoms with E-state index in [1.807, 2.05) is 0 Å². The van der Waals surface area contributed by atoms with Gasteiger partial charge in [0.05, 0.1) is 18.6 Å². The van der Waals surface area contributed by atoms with Crippen LogP contribution in [0.3, 0.4) is 0 Å². The number of hydrogen-bond donors (Lipinski definition) is 1. The minimum atomic E-state index is -0.285. The Hall–Kier alpha value is -1.10. The number of nitrogens with one attached hydrogen (secondary N) is 1. The van der Waals surface area contributed by atoms with Crippen LogP contribution in [0.4, 0.5) is 0 Å². The second-order valence-corrected chi connectivity index (χ2v) is 6.64. The second-order valence-electron chi connectivity index (χ2n) is 6.64. The summed E-state index contributed by atoms with van der Waals surface area (Å²) in [5.41, 5.74) is -0.164. The van der Waals surface area contributed by atoms with Crippen LogP contribution in [0.25, 0.3) is 0 Å². The van der Waals surface area contributed by atoms with E-state index >= 15 is 0 Å². The molecule has 1 aliphatic heterocycles. The zero-order valence-electron chi connectivity index (χ0n) is 13.9. The van der Waals surface area contributed by atoms with Gasteiger partial charge in [-0.25, -0.2) is 0 Å². The number of esters is 1. The van der Waals surface area contributed by atoms with Crippen LogP contribution in [0.1, 0.15) is 64.7 Å². The summed E-state index contributed by atoms with van der Waals surface area (Å²) in [5.74, 6) is -0.462. The molecule has 1 spiro atoms. The van der Waals surface area contributed by atoms with E-state index < -0.39 is 0 Å². The van der Waals surface area contributed by atoms with Crippen LogP contribution in [0, 0.1) is 5.92 Å². The number of carbonyl (C=O) groups excluding carboxylic acids is 2. The van der Waals surface area contributed by atoms with Crippen molar-refractivity contribution < 1.29 is 19.1 Å². The van der Waals surface area contributed by atoms with Gasteiger partial charge in [-0.1, -0.05) is 19.8 Å². The predicted molar refractivity (Wildman–Crippen MR) is 83.3 cm³/mol. The fourth-order valence-electron chi connectivity index (χ4n) is 3.76. The molecule has 1 saturated carbocycles. The summed E-state index contributed by atoms with van der Waals surface area (Å²) in [6.45, 7) is 2.90. The van der Waals surface area contributed by atoms with Crippen LogP contribution in [0.2, 0.25) is 0 Å². The van der Waals surface area contributed by atoms with Gasteiger partial charge in [-0.15, -0.1) is 0 Å². The molecule has 126 valence electrons. The standard InChI is InChI=1S/C17H29NO4/c1-3-4-5-7-15(19)18-14-8-10-17(9-6-11-22-17)12-13(14)16(20)21-2/h13-14H,3-12H2,1-2H3,(H,18,19)/t13-,14+,17?/m0/s1. The third-order valence-electron chi connectivity index (χ3n) is 5.03. The Morgan fingerprint density at radius 2 is 2.14 bits per heavy atom. The fraction of sp³-hybridized carbons (Fsp3) is 0.882. The van der Waals surface area contributed by atoms with Crippen molar-refractivity contribution >= 4 is 11.9 Å². The minimum Gasteiger partial charge on any atom is -0.469 e. The van der Waals surface area contributed by atoms with E-state index in [0.717, 1.165) is 51.6 Å². The normalized spacial score (nSPS) is 31.2. The maximum Gasteiger partial charge on any atom is 0.310 e. The van der Waals surface area contributed by atoms with E-state index in [2.05, 4.69) is 12.2 Å². The number of hydrogen-bond acceptors (Lipinski definition) is 4. The zero-order chi connectivity index (χ0) is 16.0. The fourth-order valence-corrected chi connectivity index (χ4v) is 3.76. The number of amides is 1. The monoisotopic (exact) mass is 311 g/mol. The molecule has 1 saturated heterocycles. The van der Waals surface area contributed by atoms with Crippen LogP contribution < -0.4 is 5.32 Å². The zero-order valence-corrected chi connectivity index (χ0v) is 13.9. The first kappa shape index (κ1) is 17.3. The first-order chi connectivity index (χ1) is 10.6. The number of unbranched alkanes of at least 4 members (excludes halogenated alkanes) is 2. The molecule has 0 aromatic carbocycles. The Labute approximate surface area is 133 Å². The van der Waals surface area contributed by atoms with Crippen molar-refractivity contribution in [2.45, 2.75) is 76.4 Å². The summed E-state index contributed by atoms with van der Waals surface area (Å²) < 4.78 is 10.9. The summed E-state index contributed by atoms with van der Waals surface area (Å²) in [7, 11) is 1.42. The third-order valence-corrected chi connectivity index (χ3v) is 5.03. The van der Waals surface area contributed by atoms with Gasteiger partial charge in [0.25, 0.3) is 0 Å². The van der Waals surface area contributed by atoms with Crippen molar-refractivity contribution in [3.05, 3.63) is 0 Å². The van der Waals surface area contributed by atoms with E-state index in [9.17, 15) is 9.59 Å². The maximum absolute atomic E-state index is 12.1. The van der Waals surface area contributed by atoms with E-state index in [4.69, 9.17) is 9.47 Å². The van der Waals surface area contributed by atoms with E-state index in [1.165, 1.54) is 7.11 Å². The Kier molecular flexibility index (Phi) is 6.24. The first-order valence-corrected chi connectivity index (χ1v) is 8.61. The van der Waals surface area contributed by atoms with Crippen LogP contribution in [0.5, 0.6) is 0 Å². The highest BCUT2D eigenvalue weighted by molar-refractivity contribution is 5.78. The average molecular weight is 311 g/mol. The molecule has 0 aromatic rings. The molecule has 2 fully saturated rings. The van der Waals surface area contributed by atoms with Crippen LogP contribution >= 0.6 is 0 Å². The van der Waals surface area contributed by atoms with Crippen LogP contribution in [0.15, 0.2) is 0 Å². The van der Waals surface area contributed by atoms with Gasteiger partial charge in [0, 0.05) is 19.1 Å². The molecular formula is C17H29NO4. The number of carbonyl (C=O) groups is 2. The number of rotatable bonds is 6. The molecule has 22 heavy (non-hydrogen) atoms. The lowest BCUT2D eigenvalue weighted by molar-refractivity contribution is -0.153. The van der Waals surface area contributed by atoms with Gasteiger partial charge in [0.2, 0.25) is 5.91 Å². The summed E-state index contributed by atoms with van der Waals surface area (Å²) in [5, 5.41) is 3.05. The summed E-state index contributed by atoms with van der Waals surface area (Å²) in [4.78, 5) is 24.2. The molecule has 2 aliphatic rings. The van der Waals surface area contributed by atoms with Gasteiger partial charge >= 0.3 is 5.97 Å². The topological polar surface area (TPSA) is 64.6 Å². The van der Waals surface area contributed by atoms with Crippen molar-refractivity contribution in [2.24, 2.45) is 5.92 Å². The molecule has 0 aromatic heterocycles. The Balaban J connectivity index is 1.94. The molecule has 3 atom stereocenters. The van der Waals surface area contributed by atoms with Gasteiger partial charge in [0.1, 0.15) is 0 Å². The minimum absolute atomic E-state index is 0.0515. The smallest absolute Gasteiger partial charge is 0.310 e. The molecule has 1 amide bonds. The molecular weight excluding hydrogens is 282 g/mol. The molecule has 2 rings (SSSR count). The third kappa shape index (κ3) is 4.22. The molecule has 1 aliphatic carbocycles. The molecule has 5 nitrogen and oxygen atoms in total. The lowest BCUT2D eigenvalue weighted by Gasteiger charge is -2.41. The average Bonchev–Trinajstić information content (AvgIpc) is 2.97. The largest absolute Gasteiger partial charge is 0.469 e. The van der Waals surface area contributed by atoms with Crippen molar-refractivity contribution in [1.29, 1.82) is 0 Å². The van der Waals surface area contributed by atoms with E-state index in [0.29, 0.717) is 12.8 Å². The van der Waals surface area contributed by atoms with Gasteiger partial charge < -0.3 is 14.8 Å². The Bertz CT molecular complexity index is 390. The van der Waals surface area contributed by atoms with Gasteiger partial charge in [-0.3, -0.25) is 9.59 Å². The van der Waals surface area contributed by atoms with Crippen molar-refractivity contribution in [2.75, 3.05) is 13.7 Å². The van der Waals surface area contributed by atoms with Crippen molar-refractivity contribution in [3.8, 4) is 0 Å². The Morgan fingerprint density at radius 3 is 2.77 bits per heavy atom. The summed E-state index contributed by atoms with van der Waals surface area (Å²) >= 11 is 0. The van der Waals surface area contributed by atoms with Gasteiger partial charge in [-0.05, 0) is 38.5 Å². The molecule has 1 unspecified atom stereocenters. The quantitative estimate of drug-likeness (QED) is 0.605. The molecule has 1 N–H and O–H groups in total. The van der Waals surface area contributed by atoms with E-state index in [1.54, 1.807) is 0 Å². The predicted octanol–water partition coefficient (Wildman–Crippen LogP) is 2.57. The SMILES string of the molecule is CCCCCC(=O)N[C@@H]1CCC2(CCCO2)C[C@@H]1C(=O)OC. The molecule has 0 radical (unpaired) electrons.